The van der Waals surface area contributed by atoms with Gasteiger partial charge in [0.25, 0.3) is 5.91 Å². The molecule has 0 radical (unpaired) electrons. The molecule has 1 saturated heterocycles. The number of hydrogen-bond acceptors (Lipinski definition) is 5. The Hall–Kier alpha value is -1.67. The van der Waals surface area contributed by atoms with Gasteiger partial charge in [-0.25, -0.2) is 4.79 Å². The van der Waals surface area contributed by atoms with Crippen LogP contribution in [0, 0.1) is 5.92 Å². The highest BCUT2D eigenvalue weighted by molar-refractivity contribution is 5.95. The van der Waals surface area contributed by atoms with Crippen LogP contribution in [0.5, 0.6) is 0 Å². The number of carbonyl (C=O) groups is 3. The Balaban J connectivity index is 2.43. The molecule has 0 aromatic carbocycles. The van der Waals surface area contributed by atoms with Crippen molar-refractivity contribution in [1.82, 2.24) is 10.6 Å². The van der Waals surface area contributed by atoms with E-state index in [4.69, 9.17) is 15.6 Å². The van der Waals surface area contributed by atoms with Gasteiger partial charge in [0.15, 0.2) is 12.2 Å². The average Bonchev–Trinajstić information content (AvgIpc) is 3.26. The van der Waals surface area contributed by atoms with Gasteiger partial charge in [0.05, 0.1) is 0 Å². The topological polar surface area (TPSA) is 134 Å². The third-order valence-electron chi connectivity index (χ3n) is 3.51. The molecule has 0 aromatic heterocycles. The molecular formula is C15H27N3O5. The van der Waals surface area contributed by atoms with Crippen LogP contribution in [-0.4, -0.2) is 54.2 Å². The van der Waals surface area contributed by atoms with Crippen molar-refractivity contribution in [2.24, 2.45) is 11.7 Å². The number of nitrogens with one attached hydrogen (secondary N) is 2. The van der Waals surface area contributed by atoms with Crippen LogP contribution >= 0.6 is 0 Å². The molecule has 1 rings (SSSR count). The van der Waals surface area contributed by atoms with Crippen LogP contribution in [0.1, 0.15) is 39.5 Å². The Morgan fingerprint density at radius 3 is 2.39 bits per heavy atom. The summed E-state index contributed by atoms with van der Waals surface area (Å²) in [5, 5.41) is 14.1. The van der Waals surface area contributed by atoms with E-state index in [-0.39, 0.29) is 11.8 Å². The van der Waals surface area contributed by atoms with E-state index in [0.717, 1.165) is 19.3 Å². The van der Waals surface area contributed by atoms with Gasteiger partial charge in [-0.15, -0.1) is 0 Å². The van der Waals surface area contributed by atoms with E-state index in [1.807, 2.05) is 13.8 Å². The molecule has 23 heavy (non-hydrogen) atoms. The highest BCUT2D eigenvalue weighted by Crippen LogP contribution is 2.22. The van der Waals surface area contributed by atoms with Crippen LogP contribution in [0.15, 0.2) is 0 Å². The molecule has 0 spiro atoms. The van der Waals surface area contributed by atoms with E-state index in [1.165, 1.54) is 0 Å². The minimum absolute atomic E-state index is 0.207. The van der Waals surface area contributed by atoms with E-state index >= 15 is 0 Å². The second-order valence-electron chi connectivity index (χ2n) is 6.15. The summed E-state index contributed by atoms with van der Waals surface area (Å²) in [7, 11) is 0. The zero-order chi connectivity index (χ0) is 17.4. The number of ether oxygens (including phenoxy) is 1. The summed E-state index contributed by atoms with van der Waals surface area (Å²) in [4.78, 5) is 34.8. The first-order chi connectivity index (χ1) is 10.9. The molecular weight excluding hydrogens is 302 g/mol. The van der Waals surface area contributed by atoms with Gasteiger partial charge in [-0.1, -0.05) is 20.3 Å². The lowest BCUT2D eigenvalue weighted by atomic mass is 10.0. The van der Waals surface area contributed by atoms with E-state index < -0.39 is 30.1 Å². The van der Waals surface area contributed by atoms with Crippen LogP contribution < -0.4 is 16.4 Å². The molecule has 0 bridgehead atoms. The Bertz CT molecular complexity index is 427. The molecule has 0 aliphatic carbocycles. The summed E-state index contributed by atoms with van der Waals surface area (Å²) in [5.41, 5.74) is 5.41. The molecule has 132 valence electrons. The van der Waals surface area contributed by atoms with Gasteiger partial charge in [0.1, 0.15) is 6.04 Å². The van der Waals surface area contributed by atoms with Crippen LogP contribution in [0.4, 0.5) is 0 Å². The van der Waals surface area contributed by atoms with Gasteiger partial charge in [-0.3, -0.25) is 9.59 Å². The van der Waals surface area contributed by atoms with E-state index in [0.29, 0.717) is 19.5 Å². The predicted molar refractivity (Wildman–Crippen MR) is 83.6 cm³/mol. The van der Waals surface area contributed by atoms with Gasteiger partial charge in [-0.2, -0.15) is 0 Å². The Kier molecular flexibility index (Phi) is 7.97. The molecule has 3 atom stereocenters. The number of unbranched alkanes of at least 4 members (excludes halogenated alkanes) is 2. The lowest BCUT2D eigenvalue weighted by molar-refractivity contribution is -0.138. The van der Waals surface area contributed by atoms with Crippen molar-refractivity contribution in [3.63, 3.8) is 0 Å². The molecule has 1 aliphatic rings. The van der Waals surface area contributed by atoms with Gasteiger partial charge < -0.3 is 26.2 Å². The maximum Gasteiger partial charge on any atom is 0.336 e. The Labute approximate surface area is 136 Å². The molecule has 0 saturated carbocycles. The Morgan fingerprint density at radius 1 is 1.17 bits per heavy atom. The van der Waals surface area contributed by atoms with Crippen molar-refractivity contribution in [3.05, 3.63) is 0 Å². The molecule has 1 aliphatic heterocycles. The van der Waals surface area contributed by atoms with Crippen molar-refractivity contribution in [1.29, 1.82) is 0 Å². The number of carboxylic acid groups (broad SMARTS) is 1. The second-order valence-corrected chi connectivity index (χ2v) is 6.15. The predicted octanol–water partition coefficient (Wildman–Crippen LogP) is -0.385. The van der Waals surface area contributed by atoms with Gasteiger partial charge in [-0.05, 0) is 31.7 Å². The van der Waals surface area contributed by atoms with Crippen molar-refractivity contribution < 1.29 is 24.2 Å². The van der Waals surface area contributed by atoms with Crippen LogP contribution in [0.25, 0.3) is 0 Å². The van der Waals surface area contributed by atoms with Crippen LogP contribution in [-0.2, 0) is 19.1 Å². The van der Waals surface area contributed by atoms with Gasteiger partial charge >= 0.3 is 5.97 Å². The first-order valence-corrected chi connectivity index (χ1v) is 8.03. The lowest BCUT2D eigenvalue weighted by Crippen LogP contribution is -2.49. The first kappa shape index (κ1) is 19.4. The summed E-state index contributed by atoms with van der Waals surface area (Å²) < 4.78 is 4.80. The monoisotopic (exact) mass is 329 g/mol. The molecule has 8 heteroatoms. The van der Waals surface area contributed by atoms with Crippen molar-refractivity contribution in [2.75, 3.05) is 13.1 Å². The second kappa shape index (κ2) is 9.46. The number of aliphatic carboxylic acids is 1. The smallest absolute Gasteiger partial charge is 0.336 e. The number of carboxylic acids is 1. The quantitative estimate of drug-likeness (QED) is 0.301. The standard InChI is InChI=1S/C15H27N3O5/c1-9(2)8-10(13(19)17-7-5-3-4-6-16)18-14(20)11-12(23-11)15(21)22/h9-12H,3-8,16H2,1-2H3,(H,17,19)(H,18,20)(H,21,22)/t10-,11-,12-/m0/s1. The molecule has 5 N–H and O–H groups in total. The van der Waals surface area contributed by atoms with Gasteiger partial charge in [0.2, 0.25) is 5.91 Å². The summed E-state index contributed by atoms with van der Waals surface area (Å²) in [6.45, 7) is 5.05. The first-order valence-electron chi connectivity index (χ1n) is 8.03. The third-order valence-corrected chi connectivity index (χ3v) is 3.51. The number of nitrogens with two attached hydrogens (primary N) is 1. The maximum absolute atomic E-state index is 12.2. The number of amides is 2. The van der Waals surface area contributed by atoms with Crippen LogP contribution in [0.3, 0.4) is 0 Å². The fourth-order valence-electron chi connectivity index (χ4n) is 2.24. The zero-order valence-corrected chi connectivity index (χ0v) is 13.7. The summed E-state index contributed by atoms with van der Waals surface area (Å²) in [6.07, 6.45) is 1.06. The minimum Gasteiger partial charge on any atom is -0.479 e. The number of epoxide rings is 1. The molecule has 8 nitrogen and oxygen atoms in total. The zero-order valence-electron chi connectivity index (χ0n) is 13.7. The lowest BCUT2D eigenvalue weighted by Gasteiger charge is -2.19. The fraction of sp³-hybridized carbons (Fsp3) is 0.800. The van der Waals surface area contributed by atoms with E-state index in [2.05, 4.69) is 10.6 Å². The van der Waals surface area contributed by atoms with Crippen molar-refractivity contribution >= 4 is 17.8 Å². The summed E-state index contributed by atoms with van der Waals surface area (Å²) in [6, 6.07) is -0.685. The van der Waals surface area contributed by atoms with Crippen molar-refractivity contribution in [2.45, 2.75) is 57.8 Å². The highest BCUT2D eigenvalue weighted by Gasteiger charge is 2.51. The molecule has 2 amide bonds. The van der Waals surface area contributed by atoms with Crippen LogP contribution in [0.2, 0.25) is 0 Å². The summed E-state index contributed by atoms with van der Waals surface area (Å²) in [5.74, 6) is -1.78. The molecule has 0 aromatic rings. The maximum atomic E-state index is 12.2. The SMILES string of the molecule is CC(C)C[C@H](NC(=O)[C@H]1O[C@@H]1C(=O)O)C(=O)NCCCCCN. The van der Waals surface area contributed by atoms with E-state index in [9.17, 15) is 14.4 Å². The normalized spacial score (nSPS) is 20.9. The fourth-order valence-corrected chi connectivity index (χ4v) is 2.24. The van der Waals surface area contributed by atoms with E-state index in [1.54, 1.807) is 0 Å². The van der Waals surface area contributed by atoms with Gasteiger partial charge in [0, 0.05) is 6.54 Å². The summed E-state index contributed by atoms with van der Waals surface area (Å²) >= 11 is 0. The number of rotatable bonds is 11. The average molecular weight is 329 g/mol. The number of hydrogen-bond donors (Lipinski definition) is 4. The Morgan fingerprint density at radius 2 is 1.87 bits per heavy atom. The molecule has 1 fully saturated rings. The largest absolute Gasteiger partial charge is 0.479 e. The third kappa shape index (κ3) is 6.96. The number of carbonyl (C=O) groups excluding carboxylic acids is 2. The minimum atomic E-state index is -1.17. The molecule has 1 heterocycles. The highest BCUT2D eigenvalue weighted by atomic mass is 16.6. The molecule has 0 unspecified atom stereocenters. The van der Waals surface area contributed by atoms with Crippen molar-refractivity contribution in [3.8, 4) is 0 Å².